The van der Waals surface area contributed by atoms with Crippen LogP contribution in [0.25, 0.3) is 10.9 Å². The fraction of sp³-hybridized carbons (Fsp3) is 0.421. The molecule has 1 atom stereocenters. The van der Waals surface area contributed by atoms with Gasteiger partial charge in [0.25, 0.3) is 5.56 Å². The number of amides is 1. The number of fused-ring (bicyclic) bond motifs is 1. The van der Waals surface area contributed by atoms with Gasteiger partial charge in [0, 0.05) is 19.5 Å². The van der Waals surface area contributed by atoms with E-state index in [1.54, 1.807) is 17.0 Å². The van der Waals surface area contributed by atoms with Crippen molar-refractivity contribution in [3.8, 4) is 0 Å². The van der Waals surface area contributed by atoms with E-state index < -0.39 is 0 Å². The number of likely N-dealkylation sites (tertiary alicyclic amines) is 1. The Balaban J connectivity index is 1.39. The van der Waals surface area contributed by atoms with Gasteiger partial charge >= 0.3 is 0 Å². The van der Waals surface area contributed by atoms with Crippen LogP contribution in [0.15, 0.2) is 35.4 Å². The van der Waals surface area contributed by atoms with Crippen LogP contribution in [0, 0.1) is 6.92 Å². The molecule has 1 unspecified atom stereocenters. The second-order valence-corrected chi connectivity index (χ2v) is 6.89. The highest BCUT2D eigenvalue weighted by atomic mass is 16.2. The monoisotopic (exact) mass is 366 g/mol. The summed E-state index contributed by atoms with van der Waals surface area (Å²) in [7, 11) is 0. The van der Waals surface area contributed by atoms with Gasteiger partial charge in [0.15, 0.2) is 5.82 Å². The van der Waals surface area contributed by atoms with Crippen molar-refractivity contribution in [2.75, 3.05) is 6.54 Å². The Bertz CT molecular complexity index is 1020. The van der Waals surface area contributed by atoms with Crippen LogP contribution in [0.4, 0.5) is 0 Å². The zero-order valence-electron chi connectivity index (χ0n) is 15.3. The highest BCUT2D eigenvalue weighted by molar-refractivity contribution is 5.77. The Morgan fingerprint density at radius 1 is 1.33 bits per heavy atom. The van der Waals surface area contributed by atoms with E-state index in [-0.39, 0.29) is 17.5 Å². The molecule has 1 N–H and O–H groups in total. The zero-order valence-corrected chi connectivity index (χ0v) is 15.3. The number of nitrogens with zero attached hydrogens (tertiary/aromatic N) is 5. The van der Waals surface area contributed by atoms with E-state index in [2.05, 4.69) is 20.2 Å². The summed E-state index contributed by atoms with van der Waals surface area (Å²) >= 11 is 0. The van der Waals surface area contributed by atoms with Crippen LogP contribution in [0.3, 0.4) is 0 Å². The summed E-state index contributed by atoms with van der Waals surface area (Å²) in [5.74, 6) is 1.53. The van der Waals surface area contributed by atoms with Crippen LogP contribution in [0.1, 0.15) is 43.4 Å². The number of para-hydroxylation sites is 1. The first-order valence-corrected chi connectivity index (χ1v) is 9.26. The molecule has 0 bridgehead atoms. The number of hydrogen-bond acceptors (Lipinski definition) is 5. The lowest BCUT2D eigenvalue weighted by molar-refractivity contribution is -0.132. The average Bonchev–Trinajstić information content (AvgIpc) is 3.32. The summed E-state index contributed by atoms with van der Waals surface area (Å²) in [6.07, 6.45) is 4.38. The number of carbonyl (C=O) groups is 1. The molecule has 0 saturated carbocycles. The minimum absolute atomic E-state index is 0.0486. The molecule has 1 aliphatic heterocycles. The van der Waals surface area contributed by atoms with Crippen LogP contribution in [0.2, 0.25) is 0 Å². The summed E-state index contributed by atoms with van der Waals surface area (Å²) in [6, 6.07) is 7.24. The lowest BCUT2D eigenvalue weighted by atomic mass is 10.2. The fourth-order valence-corrected chi connectivity index (χ4v) is 3.65. The van der Waals surface area contributed by atoms with E-state index in [1.807, 2.05) is 30.0 Å². The first-order chi connectivity index (χ1) is 13.1. The molecular weight excluding hydrogens is 344 g/mol. The quantitative estimate of drug-likeness (QED) is 0.745. The summed E-state index contributed by atoms with van der Waals surface area (Å²) in [4.78, 5) is 35.8. The minimum Gasteiger partial charge on any atom is -0.332 e. The van der Waals surface area contributed by atoms with Gasteiger partial charge in [-0.25, -0.2) is 9.97 Å². The fourth-order valence-electron chi connectivity index (χ4n) is 3.65. The highest BCUT2D eigenvalue weighted by Gasteiger charge is 2.32. The zero-order chi connectivity index (χ0) is 18.8. The van der Waals surface area contributed by atoms with E-state index >= 15 is 0 Å². The maximum atomic E-state index is 12.7. The first-order valence-electron chi connectivity index (χ1n) is 9.26. The van der Waals surface area contributed by atoms with E-state index in [4.69, 9.17) is 0 Å². The van der Waals surface area contributed by atoms with Gasteiger partial charge in [0.2, 0.25) is 5.91 Å². The third kappa shape index (κ3) is 3.47. The molecule has 0 spiro atoms. The smallest absolute Gasteiger partial charge is 0.261 e. The Labute approximate surface area is 156 Å². The predicted molar refractivity (Wildman–Crippen MR) is 100 cm³/mol. The van der Waals surface area contributed by atoms with E-state index in [0.717, 1.165) is 25.2 Å². The number of rotatable bonds is 5. The van der Waals surface area contributed by atoms with Gasteiger partial charge < -0.3 is 4.90 Å². The maximum absolute atomic E-state index is 12.7. The molecule has 27 heavy (non-hydrogen) atoms. The second-order valence-electron chi connectivity index (χ2n) is 6.89. The van der Waals surface area contributed by atoms with Gasteiger partial charge in [-0.3, -0.25) is 19.3 Å². The molecule has 0 radical (unpaired) electrons. The molecule has 4 rings (SSSR count). The number of benzene rings is 1. The summed E-state index contributed by atoms with van der Waals surface area (Å²) in [5.41, 5.74) is 0.625. The minimum atomic E-state index is -0.0664. The number of aromatic amines is 1. The number of aryl methyl sites for hydroxylation is 2. The molecule has 1 aliphatic rings. The van der Waals surface area contributed by atoms with Crippen LogP contribution in [0.5, 0.6) is 0 Å². The van der Waals surface area contributed by atoms with Crippen molar-refractivity contribution in [1.82, 2.24) is 29.6 Å². The molecule has 2 aromatic heterocycles. The highest BCUT2D eigenvalue weighted by Crippen LogP contribution is 2.30. The largest absolute Gasteiger partial charge is 0.332 e. The van der Waals surface area contributed by atoms with E-state index in [1.165, 1.54) is 0 Å². The van der Waals surface area contributed by atoms with Crippen LogP contribution in [-0.4, -0.2) is 42.1 Å². The molecule has 3 heterocycles. The molecular formula is C19H22N6O2. The standard InChI is InChI=1S/C19H22N6O2/c1-13-21-18(23-22-13)16-8-4-11-25(16)17(26)9-5-10-24-12-20-15-7-3-2-6-14(15)19(24)27/h2-3,6-7,12,16H,4-5,8-11H2,1H3,(H,21,22,23). The van der Waals surface area contributed by atoms with Crippen molar-refractivity contribution in [1.29, 1.82) is 0 Å². The third-order valence-corrected chi connectivity index (χ3v) is 5.01. The van der Waals surface area contributed by atoms with Crippen molar-refractivity contribution in [3.63, 3.8) is 0 Å². The molecule has 3 aromatic rings. The van der Waals surface area contributed by atoms with Crippen molar-refractivity contribution in [2.45, 2.75) is 45.2 Å². The van der Waals surface area contributed by atoms with Crippen molar-refractivity contribution >= 4 is 16.8 Å². The molecule has 1 fully saturated rings. The molecule has 0 aliphatic carbocycles. The number of aromatic nitrogens is 5. The number of carbonyl (C=O) groups excluding carboxylic acids is 1. The number of nitrogens with one attached hydrogen (secondary N) is 1. The third-order valence-electron chi connectivity index (χ3n) is 5.01. The van der Waals surface area contributed by atoms with Gasteiger partial charge in [0.05, 0.1) is 23.3 Å². The number of hydrogen-bond donors (Lipinski definition) is 1. The van der Waals surface area contributed by atoms with Crippen LogP contribution < -0.4 is 5.56 Å². The Kier molecular flexibility index (Phi) is 4.70. The summed E-state index contributed by atoms with van der Waals surface area (Å²) < 4.78 is 1.58. The van der Waals surface area contributed by atoms with Crippen molar-refractivity contribution < 1.29 is 4.79 Å². The van der Waals surface area contributed by atoms with Crippen LogP contribution in [-0.2, 0) is 11.3 Å². The van der Waals surface area contributed by atoms with Gasteiger partial charge in [-0.2, -0.15) is 5.10 Å². The lowest BCUT2D eigenvalue weighted by Gasteiger charge is -2.22. The molecule has 140 valence electrons. The van der Waals surface area contributed by atoms with Crippen molar-refractivity contribution in [2.24, 2.45) is 0 Å². The van der Waals surface area contributed by atoms with Crippen LogP contribution >= 0.6 is 0 Å². The average molecular weight is 366 g/mol. The first kappa shape index (κ1) is 17.4. The molecule has 1 saturated heterocycles. The topological polar surface area (TPSA) is 96.8 Å². The normalized spacial score (nSPS) is 16.9. The number of H-pyrrole nitrogens is 1. The SMILES string of the molecule is Cc1nc(C2CCCN2C(=O)CCCn2cnc3ccccc3c2=O)n[nH]1. The Hall–Kier alpha value is -3.03. The lowest BCUT2D eigenvalue weighted by Crippen LogP contribution is -2.31. The van der Waals surface area contributed by atoms with Crippen molar-refractivity contribution in [3.05, 3.63) is 52.6 Å². The van der Waals surface area contributed by atoms with Gasteiger partial charge in [-0.1, -0.05) is 12.1 Å². The molecule has 8 nitrogen and oxygen atoms in total. The Morgan fingerprint density at radius 3 is 3.00 bits per heavy atom. The maximum Gasteiger partial charge on any atom is 0.261 e. The molecule has 1 amide bonds. The van der Waals surface area contributed by atoms with E-state index in [9.17, 15) is 9.59 Å². The van der Waals surface area contributed by atoms with Gasteiger partial charge in [-0.15, -0.1) is 0 Å². The molecule has 8 heteroatoms. The summed E-state index contributed by atoms with van der Waals surface area (Å²) in [5, 5.41) is 7.66. The molecule has 1 aromatic carbocycles. The van der Waals surface area contributed by atoms with E-state index in [0.29, 0.717) is 36.1 Å². The summed E-state index contributed by atoms with van der Waals surface area (Å²) in [6.45, 7) is 3.06. The van der Waals surface area contributed by atoms with Gasteiger partial charge in [0.1, 0.15) is 5.82 Å². The predicted octanol–water partition coefficient (Wildman–Crippen LogP) is 1.97. The second kappa shape index (κ2) is 7.30. The Morgan fingerprint density at radius 2 is 2.19 bits per heavy atom. The van der Waals surface area contributed by atoms with Gasteiger partial charge in [-0.05, 0) is 38.3 Å².